The zero-order chi connectivity index (χ0) is 21.9. The van der Waals surface area contributed by atoms with Gasteiger partial charge in [-0.15, -0.1) is 0 Å². The number of rotatable bonds is 5. The van der Waals surface area contributed by atoms with Gasteiger partial charge in [0.25, 0.3) is 5.91 Å². The van der Waals surface area contributed by atoms with Crippen LogP contribution in [0.5, 0.6) is 11.5 Å². The summed E-state index contributed by atoms with van der Waals surface area (Å²) in [6.45, 7) is 8.77. The molecule has 1 aromatic carbocycles. The molecule has 1 saturated heterocycles. The Kier molecular flexibility index (Phi) is 6.53. The van der Waals surface area contributed by atoms with E-state index in [0.29, 0.717) is 44.0 Å². The molecule has 2 amide bonds. The van der Waals surface area contributed by atoms with Crippen molar-refractivity contribution in [2.45, 2.75) is 53.2 Å². The lowest BCUT2D eigenvalue weighted by Gasteiger charge is -2.35. The molecule has 0 radical (unpaired) electrons. The summed E-state index contributed by atoms with van der Waals surface area (Å²) in [5.41, 5.74) is 0.430. The molecule has 0 bridgehead atoms. The number of benzene rings is 1. The van der Waals surface area contributed by atoms with Crippen LogP contribution in [0.25, 0.3) is 0 Å². The number of ether oxygens (including phenoxy) is 3. The highest BCUT2D eigenvalue weighted by molar-refractivity contribution is 5.84. The predicted octanol–water partition coefficient (Wildman–Crippen LogP) is 2.25. The first-order valence-electron chi connectivity index (χ1n) is 10.3. The fraction of sp³-hybridized carbons (Fsp3) is 0.591. The maximum Gasteiger partial charge on any atom is 0.309 e. The van der Waals surface area contributed by atoms with Gasteiger partial charge >= 0.3 is 5.97 Å². The summed E-state index contributed by atoms with van der Waals surface area (Å²) >= 11 is 0. The number of likely N-dealkylation sites (tertiary alicyclic amines) is 1. The molecule has 0 spiro atoms. The van der Waals surface area contributed by atoms with Crippen molar-refractivity contribution in [3.8, 4) is 11.5 Å². The number of nitrogens with zero attached hydrogens (tertiary/aromatic N) is 1. The molecule has 30 heavy (non-hydrogen) atoms. The summed E-state index contributed by atoms with van der Waals surface area (Å²) < 4.78 is 16.0. The number of esters is 1. The average Bonchev–Trinajstić information content (AvgIpc) is 3.18. The molecule has 1 aromatic rings. The molecule has 0 aliphatic carbocycles. The number of carbonyl (C=O) groups excluding carboxylic acids is 3. The van der Waals surface area contributed by atoms with Crippen LogP contribution in [-0.4, -0.2) is 48.7 Å². The summed E-state index contributed by atoms with van der Waals surface area (Å²) in [4.78, 5) is 38.9. The molecule has 164 valence electrons. The number of hydrogen-bond donors (Lipinski definition) is 1. The lowest BCUT2D eigenvalue weighted by atomic mass is 9.91. The van der Waals surface area contributed by atoms with Crippen LogP contribution in [0.1, 0.15) is 46.1 Å². The van der Waals surface area contributed by atoms with Crippen molar-refractivity contribution in [3.05, 3.63) is 23.8 Å². The minimum atomic E-state index is -0.888. The largest absolute Gasteiger partial charge is 0.454 e. The summed E-state index contributed by atoms with van der Waals surface area (Å²) in [5, 5.41) is 2.77. The fourth-order valence-corrected chi connectivity index (χ4v) is 3.50. The van der Waals surface area contributed by atoms with Crippen LogP contribution in [0.3, 0.4) is 0 Å². The highest BCUT2D eigenvalue weighted by Crippen LogP contribution is 2.32. The average molecular weight is 418 g/mol. The summed E-state index contributed by atoms with van der Waals surface area (Å²) in [7, 11) is 0. The zero-order valence-corrected chi connectivity index (χ0v) is 18.0. The van der Waals surface area contributed by atoms with Gasteiger partial charge in [-0.05, 0) is 37.5 Å². The maximum absolute atomic E-state index is 12.5. The Morgan fingerprint density at radius 3 is 2.50 bits per heavy atom. The third-order valence-electron chi connectivity index (χ3n) is 5.32. The van der Waals surface area contributed by atoms with Gasteiger partial charge in [-0.25, -0.2) is 0 Å². The number of hydrogen-bond acceptors (Lipinski definition) is 6. The SMILES string of the molecule is CC(OC(=O)C1CCN(C(=O)C(C)(C)C)CC1)C(=O)NCc1ccc2c(c1)OCO2. The third-order valence-corrected chi connectivity index (χ3v) is 5.32. The van der Waals surface area contributed by atoms with E-state index in [-0.39, 0.29) is 30.5 Å². The van der Waals surface area contributed by atoms with Crippen molar-refractivity contribution in [1.82, 2.24) is 10.2 Å². The molecule has 1 N–H and O–H groups in total. The number of amides is 2. The van der Waals surface area contributed by atoms with Crippen molar-refractivity contribution in [2.75, 3.05) is 19.9 Å². The Morgan fingerprint density at radius 1 is 1.17 bits per heavy atom. The Bertz CT molecular complexity index is 808. The van der Waals surface area contributed by atoms with E-state index in [1.165, 1.54) is 0 Å². The lowest BCUT2D eigenvalue weighted by molar-refractivity contribution is -0.161. The monoisotopic (exact) mass is 418 g/mol. The van der Waals surface area contributed by atoms with Gasteiger partial charge in [-0.2, -0.15) is 0 Å². The normalized spacial score (nSPS) is 17.4. The number of piperidine rings is 1. The van der Waals surface area contributed by atoms with Gasteiger partial charge in [0, 0.05) is 25.0 Å². The van der Waals surface area contributed by atoms with Crippen LogP contribution in [0.4, 0.5) is 0 Å². The Morgan fingerprint density at radius 2 is 1.83 bits per heavy atom. The Labute approximate surface area is 176 Å². The van der Waals surface area contributed by atoms with Gasteiger partial charge in [0.1, 0.15) is 0 Å². The van der Waals surface area contributed by atoms with E-state index in [4.69, 9.17) is 14.2 Å². The van der Waals surface area contributed by atoms with Crippen molar-refractivity contribution in [3.63, 3.8) is 0 Å². The van der Waals surface area contributed by atoms with E-state index >= 15 is 0 Å². The molecule has 1 atom stereocenters. The van der Waals surface area contributed by atoms with Crippen LogP contribution < -0.4 is 14.8 Å². The van der Waals surface area contributed by atoms with Crippen LogP contribution in [0.2, 0.25) is 0 Å². The van der Waals surface area contributed by atoms with Gasteiger partial charge in [-0.3, -0.25) is 14.4 Å². The van der Waals surface area contributed by atoms with Crippen molar-refractivity contribution in [1.29, 1.82) is 0 Å². The second-order valence-electron chi connectivity index (χ2n) is 8.80. The Balaban J connectivity index is 1.43. The fourth-order valence-electron chi connectivity index (χ4n) is 3.50. The first kappa shape index (κ1) is 21.9. The van der Waals surface area contributed by atoms with E-state index in [0.717, 1.165) is 5.56 Å². The van der Waals surface area contributed by atoms with Crippen LogP contribution in [-0.2, 0) is 25.7 Å². The summed E-state index contributed by atoms with van der Waals surface area (Å²) in [6, 6.07) is 5.45. The lowest BCUT2D eigenvalue weighted by Crippen LogP contribution is -2.46. The number of fused-ring (bicyclic) bond motifs is 1. The first-order valence-corrected chi connectivity index (χ1v) is 10.3. The third kappa shape index (κ3) is 5.23. The first-order chi connectivity index (χ1) is 14.1. The molecular formula is C22H30N2O6. The van der Waals surface area contributed by atoms with Crippen molar-refractivity contribution in [2.24, 2.45) is 11.3 Å². The molecule has 8 heteroatoms. The molecule has 0 saturated carbocycles. The highest BCUT2D eigenvalue weighted by Gasteiger charge is 2.33. The molecule has 2 heterocycles. The molecule has 2 aliphatic rings. The van der Waals surface area contributed by atoms with Gasteiger partial charge in [-0.1, -0.05) is 26.8 Å². The van der Waals surface area contributed by atoms with Crippen molar-refractivity contribution >= 4 is 17.8 Å². The molecule has 1 unspecified atom stereocenters. The number of carbonyl (C=O) groups is 3. The van der Waals surface area contributed by atoms with E-state index in [1.54, 1.807) is 17.9 Å². The van der Waals surface area contributed by atoms with Gasteiger partial charge < -0.3 is 24.4 Å². The minimum Gasteiger partial charge on any atom is -0.454 e. The molecule has 8 nitrogen and oxygen atoms in total. The molecule has 1 fully saturated rings. The molecule has 3 rings (SSSR count). The topological polar surface area (TPSA) is 94.2 Å². The van der Waals surface area contributed by atoms with Crippen LogP contribution in [0, 0.1) is 11.3 Å². The van der Waals surface area contributed by atoms with Gasteiger partial charge in [0.15, 0.2) is 17.6 Å². The second-order valence-corrected chi connectivity index (χ2v) is 8.80. The molecule has 2 aliphatic heterocycles. The van der Waals surface area contributed by atoms with Gasteiger partial charge in [0.2, 0.25) is 12.7 Å². The van der Waals surface area contributed by atoms with E-state index in [9.17, 15) is 14.4 Å². The molecular weight excluding hydrogens is 388 g/mol. The van der Waals surface area contributed by atoms with Gasteiger partial charge in [0.05, 0.1) is 5.92 Å². The van der Waals surface area contributed by atoms with Crippen LogP contribution >= 0.6 is 0 Å². The zero-order valence-electron chi connectivity index (χ0n) is 18.0. The van der Waals surface area contributed by atoms with Crippen LogP contribution in [0.15, 0.2) is 18.2 Å². The predicted molar refractivity (Wildman–Crippen MR) is 109 cm³/mol. The molecule has 0 aromatic heterocycles. The summed E-state index contributed by atoms with van der Waals surface area (Å²) in [6.07, 6.45) is 0.207. The maximum atomic E-state index is 12.5. The quantitative estimate of drug-likeness (QED) is 0.737. The Hall–Kier alpha value is -2.77. The standard InChI is InChI=1S/C22H30N2O6/c1-14(19(25)23-12-15-5-6-17-18(11-15)29-13-28-17)30-20(26)16-7-9-24(10-8-16)21(27)22(2,3)4/h5-6,11,14,16H,7-10,12-13H2,1-4H3,(H,23,25). The van der Waals surface area contributed by atoms with Crippen molar-refractivity contribution < 1.29 is 28.6 Å². The number of nitrogens with one attached hydrogen (secondary N) is 1. The second kappa shape index (κ2) is 8.93. The van der Waals surface area contributed by atoms with E-state index in [2.05, 4.69) is 5.32 Å². The smallest absolute Gasteiger partial charge is 0.309 e. The minimum absolute atomic E-state index is 0.0885. The highest BCUT2D eigenvalue weighted by atomic mass is 16.7. The summed E-state index contributed by atoms with van der Waals surface area (Å²) in [5.74, 6) is 0.383. The van der Waals surface area contributed by atoms with E-state index in [1.807, 2.05) is 32.9 Å². The van der Waals surface area contributed by atoms with E-state index < -0.39 is 11.5 Å².